The minimum Gasteiger partial charge on any atom is -0.274 e. The largest absolute Gasteiger partial charge is 0.274 e. The summed E-state index contributed by atoms with van der Waals surface area (Å²) >= 11 is 0. The zero-order chi connectivity index (χ0) is 18.0. The Labute approximate surface area is 141 Å². The summed E-state index contributed by atoms with van der Waals surface area (Å²) in [4.78, 5) is 25.9. The fourth-order valence-electron chi connectivity index (χ4n) is 2.66. The van der Waals surface area contributed by atoms with Crippen molar-refractivity contribution in [3.63, 3.8) is 0 Å². The fourth-order valence-corrected chi connectivity index (χ4v) is 4.22. The molecule has 2 rings (SSSR count). The number of carbonyl (C=O) groups excluding carboxylic acids is 2. The van der Waals surface area contributed by atoms with E-state index in [4.69, 9.17) is 0 Å². The van der Waals surface area contributed by atoms with Crippen LogP contribution in [-0.2, 0) is 10.0 Å². The molecule has 0 saturated carbocycles. The normalized spacial score (nSPS) is 14.5. The quantitative estimate of drug-likeness (QED) is 0.599. The standard InChI is InChI=1S/C17H20N2O4S/c1-4-5-10-18-24(22,23)12-17(2,3)11-19-15(20)13-8-6-7-9-14(13)16(19)21/h5-9,18H,1,10-12H2,2-3H3. The van der Waals surface area contributed by atoms with Crippen LogP contribution in [0.5, 0.6) is 0 Å². The lowest BCUT2D eigenvalue weighted by molar-refractivity contribution is 0.0601. The second kappa shape index (κ2) is 6.73. The van der Waals surface area contributed by atoms with Crippen LogP contribution >= 0.6 is 0 Å². The van der Waals surface area contributed by atoms with Gasteiger partial charge in [-0.3, -0.25) is 14.5 Å². The van der Waals surface area contributed by atoms with Crippen LogP contribution in [0.4, 0.5) is 0 Å². The van der Waals surface area contributed by atoms with Gasteiger partial charge in [0, 0.05) is 13.1 Å². The lowest BCUT2D eigenvalue weighted by atomic mass is 9.95. The molecule has 6 nitrogen and oxygen atoms in total. The van der Waals surface area contributed by atoms with E-state index in [1.54, 1.807) is 38.1 Å². The van der Waals surface area contributed by atoms with Gasteiger partial charge in [-0.2, -0.15) is 0 Å². The van der Waals surface area contributed by atoms with E-state index < -0.39 is 15.4 Å². The van der Waals surface area contributed by atoms with E-state index in [0.717, 1.165) is 4.90 Å². The number of hydrogen-bond donors (Lipinski definition) is 1. The summed E-state index contributed by atoms with van der Waals surface area (Å²) in [5.41, 5.74) is 2.40. The number of rotatable bonds is 7. The topological polar surface area (TPSA) is 83.6 Å². The molecule has 1 aliphatic rings. The Morgan fingerprint density at radius 1 is 1.21 bits per heavy atom. The second-order valence-electron chi connectivity index (χ2n) is 6.42. The molecule has 1 heterocycles. The highest BCUT2D eigenvalue weighted by Crippen LogP contribution is 2.27. The predicted molar refractivity (Wildman–Crippen MR) is 91.1 cm³/mol. The van der Waals surface area contributed by atoms with Gasteiger partial charge in [0.2, 0.25) is 10.0 Å². The fraction of sp³-hybridized carbons (Fsp3) is 0.353. The first-order valence-electron chi connectivity index (χ1n) is 7.44. The first-order chi connectivity index (χ1) is 11.2. The molecular formula is C17H20N2O4S. The molecule has 1 N–H and O–H groups in total. The number of imide groups is 1. The number of benzene rings is 1. The molecule has 0 saturated heterocycles. The number of fused-ring (bicyclic) bond motifs is 1. The first-order valence-corrected chi connectivity index (χ1v) is 9.09. The van der Waals surface area contributed by atoms with Gasteiger partial charge in [0.15, 0.2) is 0 Å². The van der Waals surface area contributed by atoms with Crippen molar-refractivity contribution in [1.29, 1.82) is 0 Å². The highest BCUT2D eigenvalue weighted by Gasteiger charge is 2.39. The highest BCUT2D eigenvalue weighted by molar-refractivity contribution is 7.89. The molecule has 0 aromatic heterocycles. The molecule has 1 aromatic rings. The predicted octanol–water partition coefficient (Wildman–Crippen LogP) is 1.57. The van der Waals surface area contributed by atoms with E-state index in [0.29, 0.717) is 11.1 Å². The van der Waals surface area contributed by atoms with E-state index in [1.165, 1.54) is 6.08 Å². The molecule has 0 aliphatic carbocycles. The first kappa shape index (κ1) is 18.1. The lowest BCUT2D eigenvalue weighted by Crippen LogP contribution is -2.43. The Morgan fingerprint density at radius 2 is 1.75 bits per heavy atom. The van der Waals surface area contributed by atoms with Crippen molar-refractivity contribution < 1.29 is 18.0 Å². The minimum atomic E-state index is -3.55. The van der Waals surface area contributed by atoms with E-state index in [2.05, 4.69) is 17.0 Å². The van der Waals surface area contributed by atoms with Crippen molar-refractivity contribution >= 4 is 21.8 Å². The molecule has 7 heteroatoms. The van der Waals surface area contributed by atoms with Crippen LogP contribution in [0.3, 0.4) is 0 Å². The van der Waals surface area contributed by atoms with Crippen LogP contribution in [0.15, 0.2) is 42.7 Å². The van der Waals surface area contributed by atoms with Crippen LogP contribution in [0.2, 0.25) is 0 Å². The number of nitrogens with zero attached hydrogens (tertiary/aromatic N) is 1. The molecule has 1 aliphatic heterocycles. The average molecular weight is 348 g/mol. The molecular weight excluding hydrogens is 328 g/mol. The zero-order valence-electron chi connectivity index (χ0n) is 13.7. The van der Waals surface area contributed by atoms with Crippen molar-refractivity contribution in [1.82, 2.24) is 9.62 Å². The highest BCUT2D eigenvalue weighted by atomic mass is 32.2. The van der Waals surface area contributed by atoms with Gasteiger partial charge in [0.25, 0.3) is 11.8 Å². The van der Waals surface area contributed by atoms with E-state index in [9.17, 15) is 18.0 Å². The maximum atomic E-state index is 12.4. The van der Waals surface area contributed by atoms with Gasteiger partial charge in [0.05, 0.1) is 16.9 Å². The summed E-state index contributed by atoms with van der Waals surface area (Å²) < 4.78 is 26.6. The Kier molecular flexibility index (Phi) is 5.08. The Balaban J connectivity index is 2.11. The molecule has 0 bridgehead atoms. The molecule has 2 amide bonds. The average Bonchev–Trinajstić information content (AvgIpc) is 2.71. The van der Waals surface area contributed by atoms with E-state index in [1.807, 2.05) is 0 Å². The third kappa shape index (κ3) is 4.00. The third-order valence-electron chi connectivity index (χ3n) is 3.59. The maximum Gasteiger partial charge on any atom is 0.261 e. The summed E-state index contributed by atoms with van der Waals surface area (Å²) in [5.74, 6) is -0.981. The lowest BCUT2D eigenvalue weighted by Gasteiger charge is -2.28. The van der Waals surface area contributed by atoms with Crippen molar-refractivity contribution in [2.45, 2.75) is 13.8 Å². The van der Waals surface area contributed by atoms with Gasteiger partial charge in [0.1, 0.15) is 0 Å². The summed E-state index contributed by atoms with van der Waals surface area (Å²) in [5, 5.41) is 0. The number of hydrogen-bond acceptors (Lipinski definition) is 4. The molecule has 1 aromatic carbocycles. The monoisotopic (exact) mass is 348 g/mol. The summed E-state index contributed by atoms with van der Waals surface area (Å²) in [7, 11) is -3.55. The van der Waals surface area contributed by atoms with Gasteiger partial charge in [-0.05, 0) is 23.6 Å². The van der Waals surface area contributed by atoms with Crippen LogP contribution in [0.1, 0.15) is 34.6 Å². The van der Waals surface area contributed by atoms with Crippen molar-refractivity contribution in [3.05, 3.63) is 53.8 Å². The van der Waals surface area contributed by atoms with Gasteiger partial charge >= 0.3 is 0 Å². The summed E-state index contributed by atoms with van der Waals surface area (Å²) in [6, 6.07) is 6.59. The molecule has 0 atom stereocenters. The molecule has 128 valence electrons. The van der Waals surface area contributed by atoms with Crippen molar-refractivity contribution in [2.24, 2.45) is 5.41 Å². The summed E-state index contributed by atoms with van der Waals surface area (Å²) in [6.07, 6.45) is 1.47. The smallest absolute Gasteiger partial charge is 0.261 e. The van der Waals surface area contributed by atoms with Crippen LogP contribution in [0, 0.1) is 5.41 Å². The maximum absolute atomic E-state index is 12.4. The van der Waals surface area contributed by atoms with Crippen LogP contribution in [-0.4, -0.2) is 44.0 Å². The number of sulfonamides is 1. The molecule has 0 radical (unpaired) electrons. The third-order valence-corrected chi connectivity index (χ3v) is 5.36. The summed E-state index contributed by atoms with van der Waals surface area (Å²) in [6.45, 7) is 6.91. The Hall–Kier alpha value is -2.21. The van der Waals surface area contributed by atoms with Crippen molar-refractivity contribution in [2.75, 3.05) is 18.8 Å². The Bertz CT molecular complexity index is 786. The number of carbonyl (C=O) groups is 2. The van der Waals surface area contributed by atoms with E-state index >= 15 is 0 Å². The SMILES string of the molecule is C=C=CCNS(=O)(=O)CC(C)(C)CN1C(=O)c2ccccc2C1=O. The number of amides is 2. The van der Waals surface area contributed by atoms with Gasteiger partial charge in [-0.1, -0.05) is 32.6 Å². The van der Waals surface area contributed by atoms with Crippen LogP contribution < -0.4 is 4.72 Å². The molecule has 0 fully saturated rings. The van der Waals surface area contributed by atoms with Crippen LogP contribution in [0.25, 0.3) is 0 Å². The van der Waals surface area contributed by atoms with E-state index in [-0.39, 0.29) is 30.7 Å². The van der Waals surface area contributed by atoms with Gasteiger partial charge < -0.3 is 0 Å². The molecule has 0 unspecified atom stereocenters. The van der Waals surface area contributed by atoms with Crippen molar-refractivity contribution in [3.8, 4) is 0 Å². The second-order valence-corrected chi connectivity index (χ2v) is 8.23. The number of nitrogens with one attached hydrogen (secondary N) is 1. The minimum absolute atomic E-state index is 0.0254. The molecule has 0 spiro atoms. The molecule has 24 heavy (non-hydrogen) atoms. The van der Waals surface area contributed by atoms with Gasteiger partial charge in [-0.25, -0.2) is 13.1 Å². The Morgan fingerprint density at radius 3 is 2.25 bits per heavy atom. The zero-order valence-corrected chi connectivity index (χ0v) is 14.5. The van der Waals surface area contributed by atoms with Gasteiger partial charge in [-0.15, -0.1) is 5.73 Å².